The summed E-state index contributed by atoms with van der Waals surface area (Å²) in [6.45, 7) is 1.99. The number of rotatable bonds is 3. The second-order valence-electron chi connectivity index (χ2n) is 3.43. The molecule has 0 radical (unpaired) electrons. The first-order valence-corrected chi connectivity index (χ1v) is 6.33. The molecule has 0 amide bonds. The maximum atomic E-state index is 6.12. The van der Waals surface area contributed by atoms with Crippen LogP contribution in [0.1, 0.15) is 5.56 Å². The molecule has 1 heterocycles. The van der Waals surface area contributed by atoms with Gasteiger partial charge in [0, 0.05) is 17.5 Å². The van der Waals surface area contributed by atoms with E-state index in [4.69, 9.17) is 11.6 Å². The van der Waals surface area contributed by atoms with Crippen LogP contribution in [-0.4, -0.2) is 17.0 Å². The van der Waals surface area contributed by atoms with Gasteiger partial charge in [0.1, 0.15) is 17.2 Å². The first-order valence-electron chi connectivity index (χ1n) is 5.14. The van der Waals surface area contributed by atoms with Gasteiger partial charge in [0.15, 0.2) is 0 Å². The third kappa shape index (κ3) is 2.70. The lowest BCUT2D eigenvalue weighted by atomic mass is 10.3. The average molecular weight is 266 g/mol. The van der Waals surface area contributed by atoms with E-state index in [1.807, 2.05) is 38.2 Å². The smallest absolute Gasteiger partial charge is 0.133 e. The Morgan fingerprint density at radius 3 is 2.71 bits per heavy atom. The summed E-state index contributed by atoms with van der Waals surface area (Å²) in [5.41, 5.74) is 1.03. The molecule has 0 fully saturated rings. The maximum absolute atomic E-state index is 6.12. The second-order valence-corrected chi connectivity index (χ2v) is 4.87. The van der Waals surface area contributed by atoms with Gasteiger partial charge in [0.25, 0.3) is 0 Å². The Hall–Kier alpha value is -1.26. The summed E-state index contributed by atoms with van der Waals surface area (Å²) < 4.78 is 0. The third-order valence-electron chi connectivity index (χ3n) is 2.32. The lowest BCUT2D eigenvalue weighted by Crippen LogP contribution is -1.98. The summed E-state index contributed by atoms with van der Waals surface area (Å²) in [4.78, 5) is 9.43. The number of benzene rings is 1. The predicted molar refractivity (Wildman–Crippen MR) is 71.9 cm³/mol. The minimum atomic E-state index is 0.738. The van der Waals surface area contributed by atoms with Crippen molar-refractivity contribution in [1.82, 2.24) is 9.97 Å². The molecule has 0 unspecified atom stereocenters. The monoisotopic (exact) mass is 265 g/mol. The standard InChI is InChI=1S/C12H12ClN3S/c1-8-11(14-2)15-7-16-12(8)17-10-6-4-3-5-9(10)13/h3-7H,1-2H3,(H,14,15,16). The van der Waals surface area contributed by atoms with Gasteiger partial charge in [-0.05, 0) is 19.1 Å². The molecule has 0 aliphatic carbocycles. The van der Waals surface area contributed by atoms with Crippen LogP contribution in [0.5, 0.6) is 0 Å². The number of hydrogen-bond donors (Lipinski definition) is 1. The summed E-state index contributed by atoms with van der Waals surface area (Å²) in [5.74, 6) is 0.842. The van der Waals surface area contributed by atoms with Gasteiger partial charge in [-0.1, -0.05) is 35.5 Å². The molecular formula is C12H12ClN3S. The molecular weight excluding hydrogens is 254 g/mol. The molecule has 0 saturated carbocycles. The molecule has 0 spiro atoms. The van der Waals surface area contributed by atoms with Crippen LogP contribution in [0.25, 0.3) is 0 Å². The molecule has 2 aromatic rings. The van der Waals surface area contributed by atoms with Crippen LogP contribution in [0.2, 0.25) is 5.02 Å². The van der Waals surface area contributed by atoms with Crippen LogP contribution in [0, 0.1) is 6.92 Å². The van der Waals surface area contributed by atoms with E-state index < -0.39 is 0 Å². The van der Waals surface area contributed by atoms with Crippen LogP contribution >= 0.6 is 23.4 Å². The first-order chi connectivity index (χ1) is 8.22. The molecule has 0 aliphatic rings. The van der Waals surface area contributed by atoms with Gasteiger partial charge >= 0.3 is 0 Å². The zero-order chi connectivity index (χ0) is 12.3. The number of halogens is 1. The highest BCUT2D eigenvalue weighted by atomic mass is 35.5. The Kier molecular flexibility index (Phi) is 3.86. The predicted octanol–water partition coefficient (Wildman–Crippen LogP) is 3.63. The quantitative estimate of drug-likeness (QED) is 0.860. The summed E-state index contributed by atoms with van der Waals surface area (Å²) in [5, 5.41) is 4.69. The summed E-state index contributed by atoms with van der Waals surface area (Å²) >= 11 is 7.67. The molecule has 2 rings (SSSR count). The lowest BCUT2D eigenvalue weighted by Gasteiger charge is -2.08. The van der Waals surface area contributed by atoms with Crippen molar-refractivity contribution in [2.24, 2.45) is 0 Å². The maximum Gasteiger partial charge on any atom is 0.133 e. The zero-order valence-corrected chi connectivity index (χ0v) is 11.1. The van der Waals surface area contributed by atoms with Gasteiger partial charge in [-0.25, -0.2) is 9.97 Å². The fourth-order valence-corrected chi connectivity index (χ4v) is 2.54. The Balaban J connectivity index is 2.34. The van der Waals surface area contributed by atoms with Crippen molar-refractivity contribution in [3.63, 3.8) is 0 Å². The van der Waals surface area contributed by atoms with Crippen molar-refractivity contribution >= 4 is 29.2 Å². The number of hydrogen-bond acceptors (Lipinski definition) is 4. The van der Waals surface area contributed by atoms with Crippen LogP contribution in [0.15, 0.2) is 40.5 Å². The van der Waals surface area contributed by atoms with Crippen LogP contribution in [0.3, 0.4) is 0 Å². The molecule has 3 nitrogen and oxygen atoms in total. The Labute approximate surface area is 110 Å². The number of aromatic nitrogens is 2. The van der Waals surface area contributed by atoms with E-state index in [0.717, 1.165) is 26.3 Å². The highest BCUT2D eigenvalue weighted by Gasteiger charge is 2.09. The van der Waals surface area contributed by atoms with Crippen molar-refractivity contribution in [3.05, 3.63) is 41.2 Å². The van der Waals surface area contributed by atoms with E-state index >= 15 is 0 Å². The number of nitrogens with zero attached hydrogens (tertiary/aromatic N) is 2. The minimum Gasteiger partial charge on any atom is -0.373 e. The summed E-state index contributed by atoms with van der Waals surface area (Å²) in [6, 6.07) is 7.73. The van der Waals surface area contributed by atoms with Gasteiger partial charge in [0.05, 0.1) is 5.02 Å². The van der Waals surface area contributed by atoms with E-state index in [0.29, 0.717) is 0 Å². The van der Waals surface area contributed by atoms with E-state index in [9.17, 15) is 0 Å². The van der Waals surface area contributed by atoms with E-state index in [1.165, 1.54) is 0 Å². The van der Waals surface area contributed by atoms with Gasteiger partial charge in [-0.2, -0.15) is 0 Å². The highest BCUT2D eigenvalue weighted by Crippen LogP contribution is 2.34. The number of anilines is 1. The van der Waals surface area contributed by atoms with Gasteiger partial charge in [0.2, 0.25) is 0 Å². The van der Waals surface area contributed by atoms with Crippen molar-refractivity contribution in [2.45, 2.75) is 16.8 Å². The van der Waals surface area contributed by atoms with Crippen molar-refractivity contribution in [2.75, 3.05) is 12.4 Å². The van der Waals surface area contributed by atoms with Crippen molar-refractivity contribution < 1.29 is 0 Å². The molecule has 0 aliphatic heterocycles. The zero-order valence-electron chi connectivity index (χ0n) is 9.57. The molecule has 0 saturated heterocycles. The molecule has 1 N–H and O–H groups in total. The van der Waals surface area contributed by atoms with E-state index in [-0.39, 0.29) is 0 Å². The molecule has 1 aromatic heterocycles. The minimum absolute atomic E-state index is 0.738. The highest BCUT2D eigenvalue weighted by molar-refractivity contribution is 7.99. The molecule has 0 bridgehead atoms. The van der Waals surface area contributed by atoms with Crippen molar-refractivity contribution in [3.8, 4) is 0 Å². The number of nitrogens with one attached hydrogen (secondary N) is 1. The van der Waals surface area contributed by atoms with Crippen LogP contribution in [0.4, 0.5) is 5.82 Å². The van der Waals surface area contributed by atoms with Crippen LogP contribution < -0.4 is 5.32 Å². The Morgan fingerprint density at radius 2 is 2.00 bits per heavy atom. The third-order valence-corrected chi connectivity index (χ3v) is 3.94. The normalized spacial score (nSPS) is 10.3. The fraction of sp³-hybridized carbons (Fsp3) is 0.167. The molecule has 0 atom stereocenters. The average Bonchev–Trinajstić information content (AvgIpc) is 2.34. The molecule has 1 aromatic carbocycles. The SMILES string of the molecule is CNc1ncnc(Sc2ccccc2Cl)c1C. The molecule has 17 heavy (non-hydrogen) atoms. The second kappa shape index (κ2) is 5.38. The van der Waals surface area contributed by atoms with Crippen molar-refractivity contribution in [1.29, 1.82) is 0 Å². The first kappa shape index (κ1) is 12.2. The van der Waals surface area contributed by atoms with E-state index in [2.05, 4.69) is 15.3 Å². The molecule has 5 heteroatoms. The largest absolute Gasteiger partial charge is 0.373 e. The Morgan fingerprint density at radius 1 is 1.24 bits per heavy atom. The van der Waals surface area contributed by atoms with E-state index in [1.54, 1.807) is 18.1 Å². The summed E-state index contributed by atoms with van der Waals surface area (Å²) in [6.07, 6.45) is 1.55. The van der Waals surface area contributed by atoms with Gasteiger partial charge < -0.3 is 5.32 Å². The topological polar surface area (TPSA) is 37.8 Å². The van der Waals surface area contributed by atoms with Crippen LogP contribution in [-0.2, 0) is 0 Å². The fourth-order valence-electron chi connectivity index (χ4n) is 1.42. The molecule has 88 valence electrons. The summed E-state index contributed by atoms with van der Waals surface area (Å²) in [7, 11) is 1.85. The lowest BCUT2D eigenvalue weighted by molar-refractivity contribution is 1.00. The van der Waals surface area contributed by atoms with Gasteiger partial charge in [-0.3, -0.25) is 0 Å². The van der Waals surface area contributed by atoms with Gasteiger partial charge in [-0.15, -0.1) is 0 Å². The Bertz CT molecular complexity index is 531.